The third kappa shape index (κ3) is 3.62. The van der Waals surface area contributed by atoms with Gasteiger partial charge in [-0.2, -0.15) is 0 Å². The van der Waals surface area contributed by atoms with E-state index in [2.05, 4.69) is 9.97 Å². The molecule has 1 atom stereocenters. The maximum absolute atomic E-state index is 12.9. The van der Waals surface area contributed by atoms with Gasteiger partial charge in [-0.1, -0.05) is 23.7 Å². The molecule has 0 aliphatic carbocycles. The van der Waals surface area contributed by atoms with Gasteiger partial charge >= 0.3 is 0 Å². The number of ether oxygens (including phenoxy) is 1. The summed E-state index contributed by atoms with van der Waals surface area (Å²) in [7, 11) is 0. The summed E-state index contributed by atoms with van der Waals surface area (Å²) in [6.07, 6.45) is 3.31. The van der Waals surface area contributed by atoms with Crippen molar-refractivity contribution in [1.29, 1.82) is 0 Å². The minimum atomic E-state index is -0.151. The maximum atomic E-state index is 12.9. The van der Waals surface area contributed by atoms with Gasteiger partial charge in [-0.05, 0) is 29.8 Å². The molecule has 1 aliphatic rings. The molecule has 1 saturated heterocycles. The highest BCUT2D eigenvalue weighted by molar-refractivity contribution is 7.13. The normalized spacial score (nSPS) is 17.3. The summed E-state index contributed by atoms with van der Waals surface area (Å²) in [5, 5.41) is 3.28. The Morgan fingerprint density at radius 2 is 2.12 bits per heavy atom. The zero-order valence-corrected chi connectivity index (χ0v) is 15.4. The van der Waals surface area contributed by atoms with Crippen molar-refractivity contribution < 1.29 is 9.53 Å². The molecule has 132 valence electrons. The Labute approximate surface area is 160 Å². The van der Waals surface area contributed by atoms with Gasteiger partial charge < -0.3 is 9.64 Å². The highest BCUT2D eigenvalue weighted by Gasteiger charge is 2.27. The van der Waals surface area contributed by atoms with Crippen LogP contribution in [-0.4, -0.2) is 40.5 Å². The zero-order valence-electron chi connectivity index (χ0n) is 13.8. The van der Waals surface area contributed by atoms with E-state index in [9.17, 15) is 4.79 Å². The highest BCUT2D eigenvalue weighted by atomic mass is 35.5. The van der Waals surface area contributed by atoms with Gasteiger partial charge in [0.15, 0.2) is 0 Å². The molecule has 1 aliphatic heterocycles. The van der Waals surface area contributed by atoms with Crippen LogP contribution in [0.2, 0.25) is 5.02 Å². The Morgan fingerprint density at radius 3 is 2.88 bits per heavy atom. The monoisotopic (exact) mass is 385 g/mol. The highest BCUT2D eigenvalue weighted by Crippen LogP contribution is 2.27. The number of morpholine rings is 1. The number of halogens is 1. The van der Waals surface area contributed by atoms with Crippen LogP contribution in [0, 0.1) is 0 Å². The van der Waals surface area contributed by atoms with Gasteiger partial charge in [-0.3, -0.25) is 9.78 Å². The lowest BCUT2D eigenvalue weighted by Crippen LogP contribution is -2.42. The molecular weight excluding hydrogens is 370 g/mol. The minimum absolute atomic E-state index is 0.0707. The predicted octanol–water partition coefficient (Wildman–Crippen LogP) is 4.07. The number of hydrogen-bond acceptors (Lipinski definition) is 5. The summed E-state index contributed by atoms with van der Waals surface area (Å²) in [4.78, 5) is 23.2. The standard InChI is InChI=1S/C19H16ClN3O2S/c20-15-5-3-13(4-6-15)17-11-23(8-9-25-17)19(24)16-12-26-18(22-16)14-2-1-7-21-10-14/h1-7,10,12,17H,8-9,11H2. The van der Waals surface area contributed by atoms with Gasteiger partial charge in [0.25, 0.3) is 5.91 Å². The maximum Gasteiger partial charge on any atom is 0.273 e. The summed E-state index contributed by atoms with van der Waals surface area (Å²) in [6, 6.07) is 11.3. The lowest BCUT2D eigenvalue weighted by molar-refractivity contribution is -0.0229. The molecule has 1 unspecified atom stereocenters. The van der Waals surface area contributed by atoms with E-state index >= 15 is 0 Å². The van der Waals surface area contributed by atoms with E-state index in [1.165, 1.54) is 11.3 Å². The zero-order chi connectivity index (χ0) is 17.9. The van der Waals surface area contributed by atoms with Crippen LogP contribution >= 0.6 is 22.9 Å². The smallest absolute Gasteiger partial charge is 0.273 e. The first-order chi connectivity index (χ1) is 12.7. The molecule has 1 aromatic carbocycles. The van der Waals surface area contributed by atoms with Crippen molar-refractivity contribution in [3.63, 3.8) is 0 Å². The average Bonchev–Trinajstić information content (AvgIpc) is 3.19. The summed E-state index contributed by atoms with van der Waals surface area (Å²) >= 11 is 7.39. The Kier molecular flexibility index (Phi) is 4.97. The Balaban J connectivity index is 1.49. The van der Waals surface area contributed by atoms with E-state index in [0.717, 1.165) is 16.1 Å². The largest absolute Gasteiger partial charge is 0.370 e. The van der Waals surface area contributed by atoms with Crippen LogP contribution in [-0.2, 0) is 4.74 Å². The van der Waals surface area contributed by atoms with Crippen LogP contribution in [0.5, 0.6) is 0 Å². The minimum Gasteiger partial charge on any atom is -0.370 e. The number of benzene rings is 1. The first-order valence-corrected chi connectivity index (χ1v) is 9.49. The summed E-state index contributed by atoms with van der Waals surface area (Å²) in [5.41, 5.74) is 2.39. The van der Waals surface area contributed by atoms with E-state index in [1.807, 2.05) is 36.4 Å². The average molecular weight is 386 g/mol. The van der Waals surface area contributed by atoms with Crippen molar-refractivity contribution in [2.75, 3.05) is 19.7 Å². The van der Waals surface area contributed by atoms with E-state index in [0.29, 0.717) is 30.4 Å². The van der Waals surface area contributed by atoms with E-state index < -0.39 is 0 Å². The van der Waals surface area contributed by atoms with Crippen LogP contribution in [0.1, 0.15) is 22.2 Å². The molecular formula is C19H16ClN3O2S. The number of amides is 1. The Bertz CT molecular complexity index is 899. The molecule has 26 heavy (non-hydrogen) atoms. The first-order valence-electron chi connectivity index (χ1n) is 8.23. The molecule has 4 rings (SSSR count). The molecule has 0 saturated carbocycles. The molecule has 3 heterocycles. The third-order valence-corrected chi connectivity index (χ3v) is 5.37. The molecule has 1 amide bonds. The fourth-order valence-electron chi connectivity index (χ4n) is 2.87. The third-order valence-electron chi connectivity index (χ3n) is 4.23. The quantitative estimate of drug-likeness (QED) is 0.681. The lowest BCUT2D eigenvalue weighted by Gasteiger charge is -2.32. The second-order valence-electron chi connectivity index (χ2n) is 5.94. The molecule has 1 fully saturated rings. The fourth-order valence-corrected chi connectivity index (χ4v) is 3.78. The summed E-state index contributed by atoms with van der Waals surface area (Å²) in [5.74, 6) is -0.0707. The molecule has 7 heteroatoms. The van der Waals surface area contributed by atoms with Crippen molar-refractivity contribution in [2.24, 2.45) is 0 Å². The molecule has 3 aromatic rings. The number of carbonyl (C=O) groups excluding carboxylic acids is 1. The Hall–Kier alpha value is -2.28. The van der Waals surface area contributed by atoms with E-state index in [1.54, 1.807) is 22.7 Å². The van der Waals surface area contributed by atoms with Gasteiger partial charge in [0.1, 0.15) is 16.8 Å². The second-order valence-corrected chi connectivity index (χ2v) is 7.24. The topological polar surface area (TPSA) is 55.3 Å². The number of carbonyl (C=O) groups is 1. The predicted molar refractivity (Wildman–Crippen MR) is 101 cm³/mol. The number of hydrogen-bond donors (Lipinski definition) is 0. The van der Waals surface area contributed by atoms with Gasteiger partial charge in [-0.25, -0.2) is 4.98 Å². The lowest BCUT2D eigenvalue weighted by atomic mass is 10.1. The van der Waals surface area contributed by atoms with Crippen LogP contribution < -0.4 is 0 Å². The van der Waals surface area contributed by atoms with Crippen LogP contribution in [0.4, 0.5) is 0 Å². The fraction of sp³-hybridized carbons (Fsp3) is 0.211. The first kappa shape index (κ1) is 17.1. The molecule has 0 spiro atoms. The molecule has 0 N–H and O–H groups in total. The van der Waals surface area contributed by atoms with Crippen molar-refractivity contribution >= 4 is 28.8 Å². The van der Waals surface area contributed by atoms with E-state index in [-0.39, 0.29) is 12.0 Å². The molecule has 0 radical (unpaired) electrons. The molecule has 2 aromatic heterocycles. The Morgan fingerprint density at radius 1 is 1.27 bits per heavy atom. The number of rotatable bonds is 3. The number of nitrogens with zero attached hydrogens (tertiary/aromatic N) is 3. The van der Waals surface area contributed by atoms with Crippen LogP contribution in [0.15, 0.2) is 54.2 Å². The van der Waals surface area contributed by atoms with Gasteiger partial charge in [-0.15, -0.1) is 11.3 Å². The van der Waals surface area contributed by atoms with Gasteiger partial charge in [0.05, 0.1) is 13.2 Å². The van der Waals surface area contributed by atoms with Crippen molar-refractivity contribution in [2.45, 2.75) is 6.10 Å². The number of aromatic nitrogens is 2. The van der Waals surface area contributed by atoms with Gasteiger partial charge in [0, 0.05) is 34.9 Å². The molecule has 0 bridgehead atoms. The second kappa shape index (κ2) is 7.53. The molecule has 5 nitrogen and oxygen atoms in total. The van der Waals surface area contributed by atoms with Crippen molar-refractivity contribution in [3.8, 4) is 10.6 Å². The van der Waals surface area contributed by atoms with Gasteiger partial charge in [0.2, 0.25) is 0 Å². The van der Waals surface area contributed by atoms with Crippen molar-refractivity contribution in [3.05, 3.63) is 70.5 Å². The number of pyridine rings is 1. The van der Waals surface area contributed by atoms with Crippen LogP contribution in [0.3, 0.4) is 0 Å². The van der Waals surface area contributed by atoms with Crippen LogP contribution in [0.25, 0.3) is 10.6 Å². The number of thiazole rings is 1. The van der Waals surface area contributed by atoms with Crippen molar-refractivity contribution in [1.82, 2.24) is 14.9 Å². The van der Waals surface area contributed by atoms with E-state index in [4.69, 9.17) is 16.3 Å². The summed E-state index contributed by atoms with van der Waals surface area (Å²) < 4.78 is 5.83. The summed E-state index contributed by atoms with van der Waals surface area (Å²) in [6.45, 7) is 1.56. The SMILES string of the molecule is O=C(c1csc(-c2cccnc2)n1)N1CCOC(c2ccc(Cl)cc2)C1.